The Kier molecular flexibility index (Phi) is 5.74. The number of amides is 3. The van der Waals surface area contributed by atoms with Crippen molar-refractivity contribution in [3.05, 3.63) is 75.7 Å². The number of aromatic amines is 1. The molecule has 0 aliphatic carbocycles. The van der Waals surface area contributed by atoms with E-state index in [9.17, 15) is 19.2 Å². The van der Waals surface area contributed by atoms with Crippen molar-refractivity contribution in [2.75, 3.05) is 19.6 Å². The summed E-state index contributed by atoms with van der Waals surface area (Å²) in [4.78, 5) is 49.7. The molecule has 2 aromatic carbocycles. The van der Waals surface area contributed by atoms with Crippen LogP contribution in [0.5, 0.6) is 0 Å². The number of nitrogens with zero attached hydrogens (tertiary/aromatic N) is 2. The van der Waals surface area contributed by atoms with Crippen molar-refractivity contribution in [3.8, 4) is 0 Å². The summed E-state index contributed by atoms with van der Waals surface area (Å²) in [5, 5.41) is 13.1. The van der Waals surface area contributed by atoms with Gasteiger partial charge in [-0.3, -0.25) is 19.2 Å². The molecule has 9 nitrogen and oxygen atoms in total. The lowest BCUT2D eigenvalue weighted by atomic mass is 10.1. The summed E-state index contributed by atoms with van der Waals surface area (Å²) in [6.45, 7) is 1.29. The Balaban J connectivity index is 1.36. The maximum Gasteiger partial charge on any atom is 0.272 e. The van der Waals surface area contributed by atoms with Gasteiger partial charge in [-0.2, -0.15) is 5.10 Å². The molecule has 0 unspecified atom stereocenters. The molecule has 158 valence electrons. The smallest absolute Gasteiger partial charge is 0.272 e. The molecule has 0 saturated carbocycles. The summed E-state index contributed by atoms with van der Waals surface area (Å²) in [5.41, 5.74) is 1.54. The number of piperazine rings is 1. The number of hydrogen-bond acceptors (Lipinski definition) is 5. The maximum atomic E-state index is 12.5. The maximum absolute atomic E-state index is 12.5. The molecule has 0 radical (unpaired) electrons. The Bertz CT molecular complexity index is 1200. The summed E-state index contributed by atoms with van der Waals surface area (Å²) < 4.78 is 0. The average Bonchev–Trinajstić information content (AvgIpc) is 2.80. The van der Waals surface area contributed by atoms with Gasteiger partial charge in [0.2, 0.25) is 11.8 Å². The molecule has 1 saturated heterocycles. The van der Waals surface area contributed by atoms with Crippen LogP contribution in [0.25, 0.3) is 10.8 Å². The van der Waals surface area contributed by atoms with Crippen molar-refractivity contribution < 1.29 is 14.4 Å². The quantitative estimate of drug-likeness (QED) is 0.551. The first-order chi connectivity index (χ1) is 15.0. The monoisotopic (exact) mass is 419 g/mol. The van der Waals surface area contributed by atoms with Crippen LogP contribution in [0.2, 0.25) is 0 Å². The molecule has 0 bridgehead atoms. The number of hydrogen-bond donors (Lipinski definition) is 3. The minimum Gasteiger partial charge on any atom is -0.353 e. The van der Waals surface area contributed by atoms with Gasteiger partial charge in [-0.05, 0) is 23.8 Å². The van der Waals surface area contributed by atoms with Crippen LogP contribution in [0, 0.1) is 0 Å². The molecule has 3 amide bonds. The van der Waals surface area contributed by atoms with Gasteiger partial charge in [0.15, 0.2) is 0 Å². The van der Waals surface area contributed by atoms with E-state index < -0.39 is 0 Å². The summed E-state index contributed by atoms with van der Waals surface area (Å²) in [5.74, 6) is -0.589. The third kappa shape index (κ3) is 4.61. The highest BCUT2D eigenvalue weighted by atomic mass is 16.2. The van der Waals surface area contributed by atoms with Crippen LogP contribution in [0.4, 0.5) is 0 Å². The van der Waals surface area contributed by atoms with Crippen LogP contribution >= 0.6 is 0 Å². The largest absolute Gasteiger partial charge is 0.353 e. The van der Waals surface area contributed by atoms with Gasteiger partial charge in [0.25, 0.3) is 11.5 Å². The van der Waals surface area contributed by atoms with E-state index in [4.69, 9.17) is 0 Å². The molecule has 4 rings (SSSR count). The average molecular weight is 419 g/mol. The second-order valence-electron chi connectivity index (χ2n) is 7.27. The lowest BCUT2D eigenvalue weighted by molar-refractivity contribution is -0.123. The third-order valence-corrected chi connectivity index (χ3v) is 5.12. The van der Waals surface area contributed by atoms with Crippen LogP contribution in [-0.4, -0.2) is 52.5 Å². The van der Waals surface area contributed by atoms with Gasteiger partial charge in [0.05, 0.1) is 24.0 Å². The van der Waals surface area contributed by atoms with Gasteiger partial charge < -0.3 is 15.5 Å². The van der Waals surface area contributed by atoms with Crippen LogP contribution < -0.4 is 16.2 Å². The molecule has 1 aliphatic rings. The van der Waals surface area contributed by atoms with Crippen molar-refractivity contribution in [2.24, 2.45) is 0 Å². The third-order valence-electron chi connectivity index (χ3n) is 5.12. The number of fused-ring (bicyclic) bond motifs is 1. The topological polar surface area (TPSA) is 124 Å². The Labute approximate surface area is 177 Å². The van der Waals surface area contributed by atoms with Crippen LogP contribution in [0.15, 0.2) is 53.3 Å². The van der Waals surface area contributed by atoms with Crippen molar-refractivity contribution >= 4 is 28.5 Å². The van der Waals surface area contributed by atoms with Gasteiger partial charge in [-0.1, -0.05) is 30.3 Å². The number of benzene rings is 2. The van der Waals surface area contributed by atoms with E-state index in [1.807, 2.05) is 0 Å². The van der Waals surface area contributed by atoms with Crippen molar-refractivity contribution in [1.82, 2.24) is 25.7 Å². The first-order valence-corrected chi connectivity index (χ1v) is 9.89. The first-order valence-electron chi connectivity index (χ1n) is 9.89. The molecular formula is C22H21N5O4. The molecule has 9 heteroatoms. The Morgan fingerprint density at radius 1 is 1.03 bits per heavy atom. The summed E-state index contributed by atoms with van der Waals surface area (Å²) in [7, 11) is 0. The predicted molar refractivity (Wildman–Crippen MR) is 113 cm³/mol. The molecule has 1 aliphatic heterocycles. The predicted octanol–water partition coefficient (Wildman–Crippen LogP) is 0.354. The van der Waals surface area contributed by atoms with Gasteiger partial charge in [0, 0.05) is 30.6 Å². The lowest BCUT2D eigenvalue weighted by Gasteiger charge is -2.26. The van der Waals surface area contributed by atoms with Gasteiger partial charge in [0.1, 0.15) is 0 Å². The van der Waals surface area contributed by atoms with Crippen LogP contribution in [0.1, 0.15) is 21.6 Å². The Hall–Kier alpha value is -4.01. The van der Waals surface area contributed by atoms with E-state index in [-0.39, 0.29) is 36.2 Å². The minimum absolute atomic E-state index is 0.0326. The number of carbonyl (C=O) groups is 3. The molecule has 0 spiro atoms. The fraction of sp³-hybridized carbons (Fsp3) is 0.227. The molecular weight excluding hydrogens is 398 g/mol. The standard InChI is InChI=1S/C22H21N5O4/c28-19(11-18-16-3-1-2-4-17(16)21(30)26-25-18)24-12-14-5-7-15(8-6-14)22(31)27-10-9-23-20(29)13-27/h1-8H,9-13H2,(H,23,29)(H,24,28)(H,26,30). The summed E-state index contributed by atoms with van der Waals surface area (Å²) >= 11 is 0. The van der Waals surface area contributed by atoms with Crippen molar-refractivity contribution in [1.29, 1.82) is 0 Å². The number of carbonyl (C=O) groups excluding carboxylic acids is 3. The Morgan fingerprint density at radius 3 is 2.52 bits per heavy atom. The second kappa shape index (κ2) is 8.78. The molecule has 0 atom stereocenters. The van der Waals surface area contributed by atoms with E-state index in [1.165, 1.54) is 4.90 Å². The van der Waals surface area contributed by atoms with Gasteiger partial charge >= 0.3 is 0 Å². The zero-order valence-corrected chi connectivity index (χ0v) is 16.7. The Morgan fingerprint density at radius 2 is 1.77 bits per heavy atom. The van der Waals surface area contributed by atoms with Crippen LogP contribution in [-0.2, 0) is 22.6 Å². The van der Waals surface area contributed by atoms with Crippen molar-refractivity contribution in [2.45, 2.75) is 13.0 Å². The minimum atomic E-state index is -0.292. The zero-order valence-electron chi connectivity index (χ0n) is 16.7. The molecule has 3 N–H and O–H groups in total. The summed E-state index contributed by atoms with van der Waals surface area (Å²) in [6, 6.07) is 13.9. The second-order valence-corrected chi connectivity index (χ2v) is 7.27. The van der Waals surface area contributed by atoms with Crippen LogP contribution in [0.3, 0.4) is 0 Å². The number of rotatable bonds is 5. The fourth-order valence-corrected chi connectivity index (χ4v) is 3.48. The molecule has 1 aromatic heterocycles. The fourth-order valence-electron chi connectivity index (χ4n) is 3.48. The highest BCUT2D eigenvalue weighted by Crippen LogP contribution is 2.13. The van der Waals surface area contributed by atoms with Crippen molar-refractivity contribution in [3.63, 3.8) is 0 Å². The molecule has 31 heavy (non-hydrogen) atoms. The SMILES string of the molecule is O=C(Cc1n[nH]c(=O)c2ccccc12)NCc1ccc(C(=O)N2CCNC(=O)C2)cc1. The molecule has 2 heterocycles. The van der Waals surface area contributed by atoms with Gasteiger partial charge in [-0.15, -0.1) is 0 Å². The van der Waals surface area contributed by atoms with E-state index in [1.54, 1.807) is 48.5 Å². The highest BCUT2D eigenvalue weighted by molar-refractivity contribution is 5.97. The summed E-state index contributed by atoms with van der Waals surface area (Å²) in [6.07, 6.45) is 0.0326. The van der Waals surface area contributed by atoms with Gasteiger partial charge in [-0.25, -0.2) is 5.10 Å². The van der Waals surface area contributed by atoms with E-state index in [0.717, 1.165) is 5.56 Å². The number of H-pyrrole nitrogens is 1. The zero-order chi connectivity index (χ0) is 21.8. The van der Waals surface area contributed by atoms with E-state index in [2.05, 4.69) is 20.8 Å². The van der Waals surface area contributed by atoms with E-state index >= 15 is 0 Å². The molecule has 1 fully saturated rings. The lowest BCUT2D eigenvalue weighted by Crippen LogP contribution is -2.49. The molecule has 3 aromatic rings. The highest BCUT2D eigenvalue weighted by Gasteiger charge is 2.22. The first kappa shape index (κ1) is 20.3. The normalized spacial score (nSPS) is 13.7. The number of nitrogens with one attached hydrogen (secondary N) is 3. The number of aromatic nitrogens is 2. The van der Waals surface area contributed by atoms with E-state index in [0.29, 0.717) is 41.7 Å².